The summed E-state index contributed by atoms with van der Waals surface area (Å²) in [6.07, 6.45) is 3.67. The Balaban J connectivity index is 1.60. The van der Waals surface area contributed by atoms with Crippen LogP contribution in [-0.4, -0.2) is 55.1 Å². The first-order chi connectivity index (χ1) is 12.6. The Morgan fingerprint density at radius 1 is 1.04 bits per heavy atom. The van der Waals surface area contributed by atoms with E-state index in [4.69, 9.17) is 0 Å². The van der Waals surface area contributed by atoms with Gasteiger partial charge in [0.25, 0.3) is 0 Å². The molecular formula is C20H30N6. The van der Waals surface area contributed by atoms with Gasteiger partial charge in [0.1, 0.15) is 17.5 Å². The summed E-state index contributed by atoms with van der Waals surface area (Å²) in [4.78, 5) is 13.6. The topological polar surface area (TPSA) is 56.3 Å². The molecule has 6 heteroatoms. The van der Waals surface area contributed by atoms with E-state index in [1.165, 1.54) is 31.6 Å². The van der Waals surface area contributed by atoms with Crippen LogP contribution in [0.15, 0.2) is 30.3 Å². The summed E-state index contributed by atoms with van der Waals surface area (Å²) in [5.74, 6) is 2.45. The second-order valence-electron chi connectivity index (χ2n) is 7.14. The van der Waals surface area contributed by atoms with E-state index < -0.39 is 0 Å². The Kier molecular flexibility index (Phi) is 6.28. The first-order valence-electron chi connectivity index (χ1n) is 9.46. The number of hydrogen-bond acceptors (Lipinski definition) is 6. The zero-order chi connectivity index (χ0) is 18.4. The van der Waals surface area contributed by atoms with Crippen LogP contribution >= 0.6 is 0 Å². The van der Waals surface area contributed by atoms with Crippen LogP contribution in [0.2, 0.25) is 0 Å². The number of rotatable bonds is 8. The molecule has 1 fully saturated rings. The van der Waals surface area contributed by atoms with Gasteiger partial charge in [-0.3, -0.25) is 0 Å². The fraction of sp³-hybridized carbons (Fsp3) is 0.500. The predicted octanol–water partition coefficient (Wildman–Crippen LogP) is 3.49. The van der Waals surface area contributed by atoms with Crippen LogP contribution in [0.25, 0.3) is 0 Å². The van der Waals surface area contributed by atoms with Crippen molar-refractivity contribution >= 4 is 23.0 Å². The summed E-state index contributed by atoms with van der Waals surface area (Å²) in [5.41, 5.74) is 2.35. The maximum Gasteiger partial charge on any atom is 0.136 e. The van der Waals surface area contributed by atoms with E-state index in [1.807, 2.05) is 13.0 Å². The predicted molar refractivity (Wildman–Crippen MR) is 110 cm³/mol. The Hall–Kier alpha value is -2.34. The highest BCUT2D eigenvalue weighted by molar-refractivity contribution is 5.62. The molecule has 1 aliphatic heterocycles. The molecule has 1 saturated heterocycles. The quantitative estimate of drug-likeness (QED) is 0.708. The van der Waals surface area contributed by atoms with Gasteiger partial charge >= 0.3 is 0 Å². The molecule has 0 saturated carbocycles. The molecule has 1 aliphatic rings. The Morgan fingerprint density at radius 2 is 1.73 bits per heavy atom. The van der Waals surface area contributed by atoms with Gasteiger partial charge in [0, 0.05) is 37.1 Å². The number of anilines is 4. The second-order valence-corrected chi connectivity index (χ2v) is 7.14. The molecule has 0 radical (unpaired) electrons. The number of hydrogen-bond donors (Lipinski definition) is 2. The van der Waals surface area contributed by atoms with Crippen LogP contribution in [0.3, 0.4) is 0 Å². The van der Waals surface area contributed by atoms with E-state index in [0.717, 1.165) is 42.7 Å². The van der Waals surface area contributed by atoms with Gasteiger partial charge in [-0.25, -0.2) is 9.97 Å². The average Bonchev–Trinajstić information content (AvgIpc) is 3.13. The molecule has 140 valence electrons. The lowest BCUT2D eigenvalue weighted by atomic mass is 10.2. The van der Waals surface area contributed by atoms with Crippen LogP contribution in [0, 0.1) is 6.92 Å². The summed E-state index contributed by atoms with van der Waals surface area (Å²) >= 11 is 0. The maximum absolute atomic E-state index is 4.50. The molecule has 0 atom stereocenters. The fourth-order valence-corrected chi connectivity index (χ4v) is 3.21. The maximum atomic E-state index is 4.50. The zero-order valence-corrected chi connectivity index (χ0v) is 16.1. The third-order valence-electron chi connectivity index (χ3n) is 4.54. The van der Waals surface area contributed by atoms with E-state index in [0.29, 0.717) is 0 Å². The SMILES string of the molecule is Cc1nc(NCCCN(C)C)cc(Nc2ccc(N3CCCC3)cc2)n1. The summed E-state index contributed by atoms with van der Waals surface area (Å²) in [6.45, 7) is 6.22. The largest absolute Gasteiger partial charge is 0.372 e. The van der Waals surface area contributed by atoms with Crippen molar-refractivity contribution < 1.29 is 0 Å². The van der Waals surface area contributed by atoms with E-state index >= 15 is 0 Å². The molecule has 0 bridgehead atoms. The third-order valence-corrected chi connectivity index (χ3v) is 4.54. The summed E-state index contributed by atoms with van der Waals surface area (Å²) in [5, 5.41) is 6.78. The van der Waals surface area contributed by atoms with Crippen molar-refractivity contribution in [1.82, 2.24) is 14.9 Å². The van der Waals surface area contributed by atoms with Crippen molar-refractivity contribution in [2.24, 2.45) is 0 Å². The molecule has 6 nitrogen and oxygen atoms in total. The van der Waals surface area contributed by atoms with Crippen LogP contribution in [0.5, 0.6) is 0 Å². The first-order valence-corrected chi connectivity index (χ1v) is 9.46. The highest BCUT2D eigenvalue weighted by atomic mass is 15.1. The molecule has 0 amide bonds. The highest BCUT2D eigenvalue weighted by Gasteiger charge is 2.12. The minimum absolute atomic E-state index is 0.763. The molecule has 26 heavy (non-hydrogen) atoms. The Morgan fingerprint density at radius 3 is 2.42 bits per heavy atom. The molecule has 1 aromatic heterocycles. The van der Waals surface area contributed by atoms with Crippen molar-refractivity contribution in [3.8, 4) is 0 Å². The standard InChI is InChI=1S/C20H30N6/c1-16-22-19(21-11-6-12-25(2)3)15-20(23-16)24-17-7-9-18(10-8-17)26-13-4-5-14-26/h7-10,15H,4-6,11-14H2,1-3H3,(H2,21,22,23,24). The zero-order valence-electron chi connectivity index (χ0n) is 16.1. The van der Waals surface area contributed by atoms with Gasteiger partial charge in [0.05, 0.1) is 0 Å². The number of benzene rings is 1. The van der Waals surface area contributed by atoms with Gasteiger partial charge in [-0.05, 0) is 71.1 Å². The summed E-state index contributed by atoms with van der Waals surface area (Å²) < 4.78 is 0. The molecule has 3 rings (SSSR count). The second kappa shape index (κ2) is 8.85. The number of nitrogens with one attached hydrogen (secondary N) is 2. The summed E-state index contributed by atoms with van der Waals surface area (Å²) in [7, 11) is 4.18. The van der Waals surface area contributed by atoms with E-state index in [2.05, 4.69) is 68.8 Å². The molecule has 2 heterocycles. The lowest BCUT2D eigenvalue weighted by molar-refractivity contribution is 0.405. The minimum Gasteiger partial charge on any atom is -0.372 e. The van der Waals surface area contributed by atoms with Gasteiger partial charge in [0.2, 0.25) is 0 Å². The average molecular weight is 355 g/mol. The van der Waals surface area contributed by atoms with Gasteiger partial charge in [-0.1, -0.05) is 0 Å². The van der Waals surface area contributed by atoms with Crippen LogP contribution in [0.4, 0.5) is 23.0 Å². The lowest BCUT2D eigenvalue weighted by Gasteiger charge is -2.18. The number of nitrogens with zero attached hydrogens (tertiary/aromatic N) is 4. The van der Waals surface area contributed by atoms with Crippen LogP contribution in [-0.2, 0) is 0 Å². The van der Waals surface area contributed by atoms with Gasteiger partial charge in [0.15, 0.2) is 0 Å². The molecule has 0 unspecified atom stereocenters. The lowest BCUT2D eigenvalue weighted by Crippen LogP contribution is -2.17. The van der Waals surface area contributed by atoms with Crippen LogP contribution in [0.1, 0.15) is 25.1 Å². The highest BCUT2D eigenvalue weighted by Crippen LogP contribution is 2.24. The van der Waals surface area contributed by atoms with Crippen molar-refractivity contribution in [3.63, 3.8) is 0 Å². The molecule has 2 N–H and O–H groups in total. The normalized spacial score (nSPS) is 14.1. The van der Waals surface area contributed by atoms with Crippen molar-refractivity contribution in [1.29, 1.82) is 0 Å². The van der Waals surface area contributed by atoms with Crippen molar-refractivity contribution in [2.75, 3.05) is 55.8 Å². The van der Waals surface area contributed by atoms with Gasteiger partial charge in [-0.2, -0.15) is 0 Å². The van der Waals surface area contributed by atoms with Crippen molar-refractivity contribution in [2.45, 2.75) is 26.2 Å². The van der Waals surface area contributed by atoms with E-state index in [-0.39, 0.29) is 0 Å². The van der Waals surface area contributed by atoms with Crippen molar-refractivity contribution in [3.05, 3.63) is 36.2 Å². The van der Waals surface area contributed by atoms with E-state index in [9.17, 15) is 0 Å². The molecule has 1 aromatic carbocycles. The molecule has 0 aliphatic carbocycles. The smallest absolute Gasteiger partial charge is 0.136 e. The van der Waals surface area contributed by atoms with E-state index in [1.54, 1.807) is 0 Å². The third kappa shape index (κ3) is 5.33. The molecule has 0 spiro atoms. The Bertz CT molecular complexity index is 692. The van der Waals surface area contributed by atoms with Crippen LogP contribution < -0.4 is 15.5 Å². The summed E-state index contributed by atoms with van der Waals surface area (Å²) in [6, 6.07) is 10.6. The fourth-order valence-electron chi connectivity index (χ4n) is 3.21. The number of aryl methyl sites for hydroxylation is 1. The molecular weight excluding hydrogens is 324 g/mol. The minimum atomic E-state index is 0.763. The number of aromatic nitrogens is 2. The monoisotopic (exact) mass is 354 g/mol. The molecule has 2 aromatic rings. The van der Waals surface area contributed by atoms with Gasteiger partial charge < -0.3 is 20.4 Å². The van der Waals surface area contributed by atoms with Gasteiger partial charge in [-0.15, -0.1) is 0 Å². The Labute approximate surface area is 156 Å². The first kappa shape index (κ1) is 18.5.